The Hall–Kier alpha value is -8.38. The number of hydrogen-bond acceptors (Lipinski definition) is 27. The molecule has 6 aliphatic heterocycles. The molecule has 31 heteroatoms. The van der Waals surface area contributed by atoms with Crippen LogP contribution in [0.4, 0.5) is 21.0 Å². The van der Waals surface area contributed by atoms with Gasteiger partial charge >= 0.3 is 12.2 Å². The molecule has 6 saturated heterocycles. The van der Waals surface area contributed by atoms with E-state index < -0.39 is 97.9 Å². The first-order chi connectivity index (χ1) is 50.1. The van der Waals surface area contributed by atoms with Gasteiger partial charge in [-0.15, -0.1) is 0 Å². The van der Waals surface area contributed by atoms with Crippen molar-refractivity contribution in [2.45, 2.75) is 152 Å². The van der Waals surface area contributed by atoms with Gasteiger partial charge in [0.2, 0.25) is 12.6 Å². The number of benzene rings is 4. The molecule has 0 radical (unpaired) electrons. The molecule has 566 valence electrons. The minimum atomic E-state index is -1.65. The lowest BCUT2D eigenvalue weighted by atomic mass is 10.0. The molecular weight excluding hydrogens is 1360 g/mol. The highest BCUT2D eigenvalue weighted by atomic mass is 16.7. The molecule has 6 fully saturated rings. The number of likely N-dealkylation sites (tertiary alicyclic amines) is 2. The first-order valence-corrected chi connectivity index (χ1v) is 34.5. The maximum Gasteiger partial charge on any atom is 0.411 e. The molecule has 0 aromatic heterocycles. The fourth-order valence-electron chi connectivity index (χ4n) is 12.7. The molecule has 31 nitrogen and oxygen atoms in total. The summed E-state index contributed by atoms with van der Waals surface area (Å²) in [6, 6.07) is 13.9. The van der Waals surface area contributed by atoms with E-state index in [9.17, 15) is 59.4 Å². The Morgan fingerprint density at radius 1 is 0.490 bits per heavy atom. The van der Waals surface area contributed by atoms with Crippen molar-refractivity contribution < 1.29 is 130 Å². The molecule has 10 atom stereocenters. The number of rotatable bonds is 33. The van der Waals surface area contributed by atoms with E-state index in [0.717, 1.165) is 11.1 Å². The van der Waals surface area contributed by atoms with Crippen molar-refractivity contribution in [2.24, 2.45) is 0 Å². The number of carbonyl (C=O) groups excluding carboxylic acids is 6. The topological polar surface area (TPSA) is 393 Å². The van der Waals surface area contributed by atoms with Crippen LogP contribution in [0, 0.1) is 6.92 Å². The predicted octanol–water partition coefficient (Wildman–Crippen LogP) is 5.27. The van der Waals surface area contributed by atoms with E-state index in [4.69, 9.17) is 71.1 Å². The molecule has 4 amide bonds. The third-order valence-corrected chi connectivity index (χ3v) is 18.2. The average molecular weight is 1460 g/mol. The number of methoxy groups -OCH3 is 3. The number of Topliss-reactive ketones (excluding diaryl/α,β-unsaturated/α-hetero) is 2. The summed E-state index contributed by atoms with van der Waals surface area (Å²) in [6.07, 6.45) is -12.1. The van der Waals surface area contributed by atoms with Crippen molar-refractivity contribution in [3.8, 4) is 28.7 Å². The van der Waals surface area contributed by atoms with Crippen molar-refractivity contribution in [2.75, 3.05) is 111 Å². The molecule has 0 spiro atoms. The van der Waals surface area contributed by atoms with E-state index in [-0.39, 0.29) is 140 Å². The number of hydrogen-bond donors (Lipinski definition) is 8. The summed E-state index contributed by atoms with van der Waals surface area (Å²) in [5.74, 6) is -0.974. The lowest BCUT2D eigenvalue weighted by Gasteiger charge is -2.35. The van der Waals surface area contributed by atoms with Crippen LogP contribution in [0.5, 0.6) is 28.7 Å². The number of nitrogens with one attached hydrogen (secondary N) is 2. The van der Waals surface area contributed by atoms with Gasteiger partial charge in [-0.3, -0.25) is 29.8 Å². The highest BCUT2D eigenvalue weighted by Gasteiger charge is 2.44. The minimum Gasteiger partial charge on any atom is -0.493 e. The molecule has 6 aliphatic rings. The molecule has 10 rings (SSSR count). The van der Waals surface area contributed by atoms with Crippen molar-refractivity contribution in [1.29, 1.82) is 0 Å². The highest BCUT2D eigenvalue weighted by molar-refractivity contribution is 6.05. The average Bonchev–Trinajstić information content (AvgIpc) is 1.55. The van der Waals surface area contributed by atoms with Crippen molar-refractivity contribution in [3.05, 3.63) is 124 Å². The lowest BCUT2D eigenvalue weighted by molar-refractivity contribution is -0.242. The molecule has 6 heterocycles. The number of unbranched alkanes of at least 4 members (excludes halogenated alkanes) is 2. The summed E-state index contributed by atoms with van der Waals surface area (Å²) in [4.78, 5) is 87.7. The predicted molar refractivity (Wildman–Crippen MR) is 366 cm³/mol. The zero-order chi connectivity index (χ0) is 74.1. The molecule has 0 unspecified atom stereocenters. The van der Waals surface area contributed by atoms with Gasteiger partial charge in [-0.25, -0.2) is 9.59 Å². The Morgan fingerprint density at radius 2 is 0.923 bits per heavy atom. The maximum absolute atomic E-state index is 14.8. The zero-order valence-electron chi connectivity index (χ0n) is 58.5. The fourth-order valence-corrected chi connectivity index (χ4v) is 12.7. The van der Waals surface area contributed by atoms with Crippen LogP contribution in [0.3, 0.4) is 0 Å². The standard InChI is InChI=1S/C73H92N4O27/c1-40-26-51(68-95-22-23-96-68)76(34-40)66(86)45-28-42(3)59(32-49(45)74-72(88)101-36-43-14-16-57(47(29-43)53(78)12-10-18-90-4)103-70-64(84)62(82)55(80)38-99-70)93-20-8-7-9-21-94-61-33-50(46(31-60(61)92-6)67(87)77-35-41(2)27-52(77)69-97-24-25-98-69)75-73(89)102-37-44-15-17-58(48(30-44)54(79)13-11-19-91-5)104-71-65(85)63(83)56(81)39-100-71/h14-17,28-33,51-52,55-56,62-65,68-71,80-85H,1-2,7-13,18-27,34-39H2,3-6H3,(H,74,88)(H,75,89)/t51-,52-,55+,56+,62-,63-,64+,65+,70-,71-/m0/s1. The molecule has 0 aliphatic carbocycles. The summed E-state index contributed by atoms with van der Waals surface area (Å²) < 4.78 is 86.1. The number of aliphatic hydroxyl groups is 6. The van der Waals surface area contributed by atoms with Gasteiger partial charge in [-0.1, -0.05) is 36.4 Å². The van der Waals surface area contributed by atoms with E-state index in [2.05, 4.69) is 23.8 Å². The second-order valence-electron chi connectivity index (χ2n) is 25.9. The van der Waals surface area contributed by atoms with Gasteiger partial charge < -0.3 is 111 Å². The summed E-state index contributed by atoms with van der Waals surface area (Å²) in [7, 11) is 4.41. The zero-order valence-corrected chi connectivity index (χ0v) is 58.5. The smallest absolute Gasteiger partial charge is 0.411 e. The molecule has 8 N–H and O–H groups in total. The first-order valence-electron chi connectivity index (χ1n) is 34.5. The van der Waals surface area contributed by atoms with Gasteiger partial charge in [0.25, 0.3) is 11.8 Å². The van der Waals surface area contributed by atoms with Crippen molar-refractivity contribution in [1.82, 2.24) is 9.80 Å². The molecule has 0 bridgehead atoms. The third-order valence-electron chi connectivity index (χ3n) is 18.2. The summed E-state index contributed by atoms with van der Waals surface area (Å²) >= 11 is 0. The van der Waals surface area contributed by atoms with Crippen LogP contribution in [0.1, 0.15) is 116 Å². The van der Waals surface area contributed by atoms with E-state index in [1.165, 1.54) is 75.9 Å². The number of carbonyl (C=O) groups is 6. The van der Waals surface area contributed by atoms with E-state index in [1.807, 2.05) is 0 Å². The Labute approximate surface area is 600 Å². The van der Waals surface area contributed by atoms with Crippen LogP contribution >= 0.6 is 0 Å². The number of amides is 4. The van der Waals surface area contributed by atoms with Gasteiger partial charge in [0.05, 0.1) is 106 Å². The molecule has 4 aromatic carbocycles. The summed E-state index contributed by atoms with van der Waals surface area (Å²) in [5, 5.41) is 67.2. The molecule has 104 heavy (non-hydrogen) atoms. The second kappa shape index (κ2) is 37.0. The minimum absolute atomic E-state index is 0.00487. The molecular formula is C73H92N4O27. The monoisotopic (exact) mass is 1460 g/mol. The normalized spacial score (nSPS) is 23.6. The summed E-state index contributed by atoms with van der Waals surface area (Å²) in [5.41, 5.74) is 3.18. The summed E-state index contributed by atoms with van der Waals surface area (Å²) in [6.45, 7) is 11.3. The maximum atomic E-state index is 14.8. The van der Waals surface area contributed by atoms with Gasteiger partial charge in [0.1, 0.15) is 67.1 Å². The van der Waals surface area contributed by atoms with Crippen molar-refractivity contribution >= 4 is 46.9 Å². The van der Waals surface area contributed by atoms with E-state index >= 15 is 0 Å². The van der Waals surface area contributed by atoms with Crippen LogP contribution in [-0.2, 0) is 60.6 Å². The number of ketones is 2. The first kappa shape index (κ1) is 78.2. The lowest BCUT2D eigenvalue weighted by Crippen LogP contribution is -2.54. The quantitative estimate of drug-likeness (QED) is 0.0171. The Bertz CT molecular complexity index is 3690. The van der Waals surface area contributed by atoms with Crippen LogP contribution in [-0.4, -0.2) is 250 Å². The van der Waals surface area contributed by atoms with Crippen LogP contribution in [0.25, 0.3) is 0 Å². The number of ether oxygens (including phenoxy) is 15. The molecule has 4 aromatic rings. The number of anilines is 2. The fraction of sp³-hybridized carbons (Fsp3) is 0.534. The van der Waals surface area contributed by atoms with Gasteiger partial charge in [-0.05, 0) is 105 Å². The van der Waals surface area contributed by atoms with E-state index in [0.29, 0.717) is 100 Å². The van der Waals surface area contributed by atoms with E-state index in [1.54, 1.807) is 22.8 Å². The Balaban J connectivity index is 0.811. The number of aliphatic hydroxyl groups excluding tert-OH is 6. The SMILES string of the molecule is C=C1C[C@@H](C2OCCO2)N(C(=O)c2cc(C)c(OCCCCCOc3cc(NC(=O)OCc4ccc(O[C@@H]5OC[C@@H](O)[C@H](O)[C@H]5O)c(C(=O)CCCOC)c4)c(C(=O)N4CC(=C)C[C@H]4C4OCCO4)cc3OC)cc2NC(=O)OCc2ccc(O[C@@H]3OC[C@@H](O)[C@H](O)[C@H]3O)c(C(=O)CCCOC)c2)C1. The van der Waals surface area contributed by atoms with Crippen LogP contribution in [0.15, 0.2) is 85.0 Å². The largest absolute Gasteiger partial charge is 0.493 e. The van der Waals surface area contributed by atoms with Crippen molar-refractivity contribution in [3.63, 3.8) is 0 Å². The third kappa shape index (κ3) is 19.8. The van der Waals surface area contributed by atoms with Crippen LogP contribution in [0.2, 0.25) is 0 Å². The van der Waals surface area contributed by atoms with Gasteiger partial charge in [0, 0.05) is 65.5 Å². The Morgan fingerprint density at radius 3 is 1.37 bits per heavy atom. The number of nitrogens with zero attached hydrogens (tertiary/aromatic N) is 2. The number of aryl methyl sites for hydroxylation is 1. The highest BCUT2D eigenvalue weighted by Crippen LogP contribution is 2.39. The second-order valence-corrected chi connectivity index (χ2v) is 25.9. The van der Waals surface area contributed by atoms with Gasteiger partial charge in [0.15, 0.2) is 35.6 Å². The Kier molecular flexibility index (Phi) is 27.9. The van der Waals surface area contributed by atoms with Gasteiger partial charge in [-0.2, -0.15) is 0 Å². The van der Waals surface area contributed by atoms with Crippen LogP contribution < -0.4 is 34.3 Å². The molecule has 0 saturated carbocycles.